The summed E-state index contributed by atoms with van der Waals surface area (Å²) in [5.41, 5.74) is 0. The second-order valence-electron chi connectivity index (χ2n) is 5.91. The van der Waals surface area contributed by atoms with Gasteiger partial charge in [0.05, 0.1) is 79.3 Å². The van der Waals surface area contributed by atoms with E-state index in [0.29, 0.717) is 79.3 Å². The van der Waals surface area contributed by atoms with Crippen LogP contribution in [0.5, 0.6) is 0 Å². The summed E-state index contributed by atoms with van der Waals surface area (Å²) in [7, 11) is -4.24. The third kappa shape index (κ3) is 76.9. The fraction of sp³-hybridized carbons (Fsp3) is 1.00. The van der Waals surface area contributed by atoms with E-state index in [-0.39, 0.29) is 0 Å². The van der Waals surface area contributed by atoms with Crippen LogP contribution in [0.3, 0.4) is 0 Å². The zero-order chi connectivity index (χ0) is 39.3. The maximum absolute atomic E-state index is 5.14. The van der Waals surface area contributed by atoms with Crippen molar-refractivity contribution in [3.63, 3.8) is 0 Å². The maximum atomic E-state index is 5.14. The van der Waals surface area contributed by atoms with Gasteiger partial charge in [-0.05, 0) is 83.1 Å². The minimum absolute atomic E-state index is 0.645. The van der Waals surface area contributed by atoms with E-state index in [2.05, 4.69) is 51.1 Å². The Balaban J connectivity index is -0.0000000690. The summed E-state index contributed by atoms with van der Waals surface area (Å²) in [5, 5.41) is 0. The molecule has 0 fully saturated rings. The first kappa shape index (κ1) is 71.9. The molecule has 320 valence electrons. The Labute approximate surface area is 378 Å². The van der Waals surface area contributed by atoms with Gasteiger partial charge >= 0.3 is 167 Å². The van der Waals surface area contributed by atoms with Crippen LogP contribution in [0, 0.1) is 0 Å². The Hall–Kier alpha value is 6.24. The summed E-state index contributed by atoms with van der Waals surface area (Å²) in [6, 6.07) is 0. The van der Waals surface area contributed by atoms with E-state index in [9.17, 15) is 0 Å². The van der Waals surface area contributed by atoms with Gasteiger partial charge in [0.25, 0.3) is 0 Å². The molecule has 0 saturated heterocycles. The molecule has 0 rings (SSSR count). The van der Waals surface area contributed by atoms with Crippen molar-refractivity contribution < 1.29 is 105 Å². The SMILES string of the molecule is CCOP(OCC)OCC.CCOP(OCC)OCC.CCOP(OCC)OCC.CCOP(OCC)OCC.[Cu][I].[Cu][I].[Cu][I].[Cu][I]. The topological polar surface area (TPSA) is 111 Å². The summed E-state index contributed by atoms with van der Waals surface area (Å²) in [6.07, 6.45) is 0. The quantitative estimate of drug-likeness (QED) is 0.0521. The average Bonchev–Trinajstić information content (AvgIpc) is 3.11. The van der Waals surface area contributed by atoms with Gasteiger partial charge < -0.3 is 54.3 Å². The summed E-state index contributed by atoms with van der Waals surface area (Å²) in [6.45, 7) is 30.8. The zero-order valence-electron chi connectivity index (χ0n) is 29.9. The van der Waals surface area contributed by atoms with E-state index >= 15 is 0 Å². The van der Waals surface area contributed by atoms with Crippen LogP contribution in [-0.4, -0.2) is 79.3 Å². The molecule has 0 heterocycles. The number of halogens is 4. The molecular formula is C24H60Cu4I4O12P4. The molecule has 0 atom stereocenters. The first-order valence-electron chi connectivity index (χ1n) is 14.6. The van der Waals surface area contributed by atoms with Crippen molar-refractivity contribution in [2.75, 3.05) is 79.3 Å². The van der Waals surface area contributed by atoms with Crippen LogP contribution >= 0.6 is 116 Å². The number of rotatable bonds is 24. The summed E-state index contributed by atoms with van der Waals surface area (Å²) in [4.78, 5) is 0. The zero-order valence-corrected chi connectivity index (χ0v) is 45.9. The molecule has 0 aromatic carbocycles. The Morgan fingerprint density at radius 3 is 0.333 bits per heavy atom. The molecule has 0 bridgehead atoms. The predicted molar refractivity (Wildman–Crippen MR) is 223 cm³/mol. The fourth-order valence-corrected chi connectivity index (χ4v) is 5.14. The van der Waals surface area contributed by atoms with E-state index in [0.717, 1.165) is 0 Å². The van der Waals surface area contributed by atoms with Gasteiger partial charge in [-0.15, -0.1) is 0 Å². The van der Waals surface area contributed by atoms with Gasteiger partial charge in [0.15, 0.2) is 0 Å². The molecule has 0 spiro atoms. The van der Waals surface area contributed by atoms with E-state index in [4.69, 9.17) is 54.3 Å². The monoisotopic (exact) mass is 1420 g/mol. The van der Waals surface area contributed by atoms with Gasteiger partial charge in [0.1, 0.15) is 0 Å². The van der Waals surface area contributed by atoms with Gasteiger partial charge in [-0.3, -0.25) is 0 Å². The second kappa shape index (κ2) is 81.4. The Morgan fingerprint density at radius 1 is 0.229 bits per heavy atom. The normalized spacial score (nSPS) is 9.58. The Kier molecular flexibility index (Phi) is 122. The van der Waals surface area contributed by atoms with Crippen LogP contribution in [0.2, 0.25) is 0 Å². The first-order chi connectivity index (χ1) is 23.4. The molecule has 0 aromatic heterocycles. The number of hydrogen-bond donors (Lipinski definition) is 0. The molecule has 0 amide bonds. The first-order valence-corrected chi connectivity index (χ1v) is 31.1. The Bertz CT molecular complexity index is 334. The van der Waals surface area contributed by atoms with Crippen LogP contribution in [0.15, 0.2) is 0 Å². The van der Waals surface area contributed by atoms with E-state index in [1.54, 1.807) is 81.4 Å². The molecule has 12 nitrogen and oxygen atoms in total. The summed E-state index contributed by atoms with van der Waals surface area (Å²) >= 11 is 23.5. The molecule has 0 N–H and O–H groups in total. The summed E-state index contributed by atoms with van der Waals surface area (Å²) in [5.74, 6) is 0. The molecular weight excluding hydrogens is 1370 g/mol. The van der Waals surface area contributed by atoms with Crippen LogP contribution in [0.1, 0.15) is 83.1 Å². The molecule has 0 aliphatic rings. The van der Waals surface area contributed by atoms with Crippen LogP contribution in [-0.2, 0) is 105 Å². The van der Waals surface area contributed by atoms with Crippen molar-refractivity contribution in [1.82, 2.24) is 0 Å². The second-order valence-corrected chi connectivity index (χ2v) is 10.8. The third-order valence-corrected chi connectivity index (χ3v) is 8.44. The molecule has 0 aromatic rings. The van der Waals surface area contributed by atoms with E-state index in [1.807, 2.05) is 83.1 Å². The van der Waals surface area contributed by atoms with Crippen molar-refractivity contribution >= 4 is 116 Å². The molecule has 0 radical (unpaired) electrons. The standard InChI is InChI=1S/4C6H15O3P.4Cu.4HI/c4*1-4-7-10(8-5-2)9-6-3;;;;;;;;/h4*4-6H2,1-3H3;;;;;4*1H/q;;;;4*+1;;;;/p-4. The molecule has 24 heteroatoms. The minimum atomic E-state index is -1.06. The molecule has 0 saturated carbocycles. The van der Waals surface area contributed by atoms with Crippen LogP contribution in [0.4, 0.5) is 0 Å². The van der Waals surface area contributed by atoms with Gasteiger partial charge in [-0.25, -0.2) is 0 Å². The van der Waals surface area contributed by atoms with Crippen molar-refractivity contribution in [1.29, 1.82) is 0 Å². The van der Waals surface area contributed by atoms with Gasteiger partial charge in [-0.1, -0.05) is 0 Å². The van der Waals surface area contributed by atoms with Crippen LogP contribution in [0.25, 0.3) is 0 Å². The van der Waals surface area contributed by atoms with E-state index < -0.39 is 34.4 Å². The third-order valence-electron chi connectivity index (χ3n) is 2.81. The van der Waals surface area contributed by atoms with Crippen LogP contribution < -0.4 is 0 Å². The summed E-state index contributed by atoms with van der Waals surface area (Å²) < 4.78 is 61.7. The van der Waals surface area contributed by atoms with Gasteiger partial charge in [0.2, 0.25) is 0 Å². The van der Waals surface area contributed by atoms with Crippen molar-refractivity contribution in [3.8, 4) is 0 Å². The van der Waals surface area contributed by atoms with Crippen molar-refractivity contribution in [2.24, 2.45) is 0 Å². The van der Waals surface area contributed by atoms with Crippen molar-refractivity contribution in [3.05, 3.63) is 0 Å². The number of hydrogen-bond acceptors (Lipinski definition) is 12. The average molecular weight is 1430 g/mol. The molecule has 0 unspecified atom stereocenters. The fourth-order valence-electron chi connectivity index (χ4n) is 1.71. The van der Waals surface area contributed by atoms with Gasteiger partial charge in [-0.2, -0.15) is 0 Å². The molecule has 48 heavy (non-hydrogen) atoms. The predicted octanol–water partition coefficient (Wildman–Crippen LogP) is 12.8. The Morgan fingerprint density at radius 2 is 0.292 bits per heavy atom. The van der Waals surface area contributed by atoms with Crippen molar-refractivity contribution in [2.45, 2.75) is 83.1 Å². The van der Waals surface area contributed by atoms with E-state index in [1.165, 1.54) is 0 Å². The van der Waals surface area contributed by atoms with Gasteiger partial charge in [0, 0.05) is 0 Å². The molecule has 0 aliphatic carbocycles. The molecule has 0 aliphatic heterocycles.